The van der Waals surface area contributed by atoms with Crippen LogP contribution in [0.4, 0.5) is 24.7 Å². The lowest BCUT2D eigenvalue weighted by Crippen LogP contribution is -2.17. The van der Waals surface area contributed by atoms with Gasteiger partial charge < -0.3 is 5.32 Å². The first-order valence-corrected chi connectivity index (χ1v) is 8.53. The van der Waals surface area contributed by atoms with Gasteiger partial charge in [-0.1, -0.05) is 30.3 Å². The molecule has 0 bridgehead atoms. The minimum absolute atomic E-state index is 0.135. The summed E-state index contributed by atoms with van der Waals surface area (Å²) in [7, 11) is 0. The van der Waals surface area contributed by atoms with Gasteiger partial charge in [0.25, 0.3) is 0 Å². The first-order chi connectivity index (χ1) is 13.3. The number of alkyl halides is 3. The van der Waals surface area contributed by atoms with Crippen LogP contribution in [-0.2, 0) is 11.0 Å². The van der Waals surface area contributed by atoms with Gasteiger partial charge in [-0.25, -0.2) is 9.67 Å². The van der Waals surface area contributed by atoms with Gasteiger partial charge in [-0.15, -0.1) is 0 Å². The molecule has 0 saturated carbocycles. The van der Waals surface area contributed by atoms with Gasteiger partial charge in [-0.05, 0) is 36.8 Å². The van der Waals surface area contributed by atoms with Crippen LogP contribution < -0.4 is 5.32 Å². The van der Waals surface area contributed by atoms with Gasteiger partial charge in [-0.3, -0.25) is 4.79 Å². The van der Waals surface area contributed by atoms with Gasteiger partial charge in [0, 0.05) is 0 Å². The molecule has 0 radical (unpaired) electrons. The topological polar surface area (TPSA) is 59.3 Å². The second-order valence-electron chi connectivity index (χ2n) is 6.39. The number of carbonyl (C=O) groups is 1. The average Bonchev–Trinajstić information content (AvgIpc) is 2.85. The number of carbonyl (C=O) groups excluding carboxylic acids is 1. The van der Waals surface area contributed by atoms with E-state index in [-0.39, 0.29) is 23.6 Å². The number of fused-ring (bicyclic) bond motifs is 1. The summed E-state index contributed by atoms with van der Waals surface area (Å²) in [5.41, 5.74) is 1.47. The SMILES string of the molecule is Cc1nn(-c2ccccc2)c2c1N=C(c1cccc(C(F)(F)F)c1)CC(=O)N2. The van der Waals surface area contributed by atoms with E-state index in [2.05, 4.69) is 15.4 Å². The third kappa shape index (κ3) is 3.28. The summed E-state index contributed by atoms with van der Waals surface area (Å²) in [6, 6.07) is 14.0. The van der Waals surface area contributed by atoms with E-state index < -0.39 is 11.7 Å². The molecule has 142 valence electrons. The van der Waals surface area contributed by atoms with Crippen molar-refractivity contribution in [3.05, 3.63) is 71.4 Å². The molecule has 0 aliphatic carbocycles. The molecule has 8 heteroatoms. The largest absolute Gasteiger partial charge is 0.416 e. The highest BCUT2D eigenvalue weighted by Gasteiger charge is 2.31. The summed E-state index contributed by atoms with van der Waals surface area (Å²) in [6.07, 6.45) is -4.60. The minimum Gasteiger partial charge on any atom is -0.308 e. The first-order valence-electron chi connectivity index (χ1n) is 8.53. The predicted octanol–water partition coefficient (Wildman–Crippen LogP) is 4.66. The van der Waals surface area contributed by atoms with E-state index in [9.17, 15) is 18.0 Å². The normalized spacial score (nSPS) is 14.1. The van der Waals surface area contributed by atoms with E-state index in [1.54, 1.807) is 11.6 Å². The second kappa shape index (κ2) is 6.63. The first kappa shape index (κ1) is 18.0. The Balaban J connectivity index is 1.84. The van der Waals surface area contributed by atoms with E-state index in [4.69, 9.17) is 0 Å². The Kier molecular flexibility index (Phi) is 4.26. The van der Waals surface area contributed by atoms with Crippen LogP contribution in [0.25, 0.3) is 5.69 Å². The minimum atomic E-state index is -4.47. The Morgan fingerprint density at radius 2 is 1.82 bits per heavy atom. The standard InChI is InChI=1S/C20H15F3N4O/c1-12-18-19(27(26-12)15-8-3-2-4-9-15)25-17(28)11-16(24-18)13-6-5-7-14(10-13)20(21,22)23/h2-10H,11H2,1H3,(H,25,28). The zero-order valence-electron chi connectivity index (χ0n) is 14.8. The van der Waals surface area contributed by atoms with E-state index in [0.717, 1.165) is 17.8 Å². The highest BCUT2D eigenvalue weighted by atomic mass is 19.4. The number of hydrogen-bond acceptors (Lipinski definition) is 3. The van der Waals surface area contributed by atoms with Crippen molar-refractivity contribution < 1.29 is 18.0 Å². The van der Waals surface area contributed by atoms with Crippen molar-refractivity contribution in [3.8, 4) is 5.69 Å². The Labute approximate surface area is 158 Å². The van der Waals surface area contributed by atoms with Crippen molar-refractivity contribution in [2.75, 3.05) is 5.32 Å². The molecular formula is C20H15F3N4O. The Hall–Kier alpha value is -3.42. The maximum Gasteiger partial charge on any atom is 0.416 e. The number of aryl methyl sites for hydroxylation is 1. The molecule has 28 heavy (non-hydrogen) atoms. The molecule has 4 rings (SSSR count). The van der Waals surface area contributed by atoms with E-state index in [0.29, 0.717) is 17.2 Å². The van der Waals surface area contributed by atoms with Crippen molar-refractivity contribution in [2.45, 2.75) is 19.5 Å². The summed E-state index contributed by atoms with van der Waals surface area (Å²) in [5, 5.41) is 7.22. The average molecular weight is 384 g/mol. The highest BCUT2D eigenvalue weighted by Crippen LogP contribution is 2.35. The molecule has 0 unspecified atom stereocenters. The number of aliphatic imine (C=N–C) groups is 1. The Morgan fingerprint density at radius 3 is 2.54 bits per heavy atom. The lowest BCUT2D eigenvalue weighted by atomic mass is 10.0. The van der Waals surface area contributed by atoms with Crippen LogP contribution in [0, 0.1) is 6.92 Å². The highest BCUT2D eigenvalue weighted by molar-refractivity contribution is 6.16. The molecule has 1 aliphatic rings. The number of benzene rings is 2. The molecule has 1 aromatic heterocycles. The molecule has 1 aliphatic heterocycles. The number of aromatic nitrogens is 2. The van der Waals surface area contributed by atoms with Gasteiger partial charge in [0.2, 0.25) is 5.91 Å². The summed E-state index contributed by atoms with van der Waals surface area (Å²) < 4.78 is 40.7. The van der Waals surface area contributed by atoms with Crippen LogP contribution in [0.3, 0.4) is 0 Å². The quantitative estimate of drug-likeness (QED) is 0.698. The van der Waals surface area contributed by atoms with E-state index >= 15 is 0 Å². The van der Waals surface area contributed by atoms with Crippen molar-refractivity contribution in [1.29, 1.82) is 0 Å². The van der Waals surface area contributed by atoms with E-state index in [1.165, 1.54) is 12.1 Å². The molecule has 5 nitrogen and oxygen atoms in total. The maximum absolute atomic E-state index is 13.1. The third-order valence-electron chi connectivity index (χ3n) is 4.39. The summed E-state index contributed by atoms with van der Waals surface area (Å²) in [6.45, 7) is 1.74. The molecule has 0 spiro atoms. The molecule has 2 heterocycles. The fraction of sp³-hybridized carbons (Fsp3) is 0.150. The zero-order chi connectivity index (χ0) is 19.9. The van der Waals surface area contributed by atoms with Crippen molar-refractivity contribution >= 4 is 23.1 Å². The molecule has 0 atom stereocenters. The molecular weight excluding hydrogens is 369 g/mol. The van der Waals surface area contributed by atoms with Crippen LogP contribution in [0.2, 0.25) is 0 Å². The van der Waals surface area contributed by atoms with Gasteiger partial charge in [-0.2, -0.15) is 18.3 Å². The lowest BCUT2D eigenvalue weighted by Gasteiger charge is -2.09. The number of hydrogen-bond donors (Lipinski definition) is 1. The van der Waals surface area contributed by atoms with Crippen LogP contribution >= 0.6 is 0 Å². The Morgan fingerprint density at radius 1 is 1.07 bits per heavy atom. The molecule has 3 aromatic rings. The number of nitrogens with zero attached hydrogens (tertiary/aromatic N) is 3. The summed E-state index contributed by atoms with van der Waals surface area (Å²) in [5.74, 6) is 0.0302. The van der Waals surface area contributed by atoms with Crippen LogP contribution in [-0.4, -0.2) is 21.4 Å². The monoisotopic (exact) mass is 384 g/mol. The molecule has 1 N–H and O–H groups in total. The van der Waals surface area contributed by atoms with Gasteiger partial charge in [0.1, 0.15) is 5.69 Å². The predicted molar refractivity (Wildman–Crippen MR) is 99.2 cm³/mol. The van der Waals surface area contributed by atoms with Crippen molar-refractivity contribution in [2.24, 2.45) is 4.99 Å². The number of anilines is 1. The van der Waals surface area contributed by atoms with Gasteiger partial charge in [0.15, 0.2) is 5.82 Å². The fourth-order valence-electron chi connectivity index (χ4n) is 3.07. The number of rotatable bonds is 2. The van der Waals surface area contributed by atoms with Crippen LogP contribution in [0.5, 0.6) is 0 Å². The fourth-order valence-corrected chi connectivity index (χ4v) is 3.07. The zero-order valence-corrected chi connectivity index (χ0v) is 14.8. The third-order valence-corrected chi connectivity index (χ3v) is 4.39. The van der Waals surface area contributed by atoms with Crippen LogP contribution in [0.1, 0.15) is 23.2 Å². The Bertz CT molecular complexity index is 1080. The maximum atomic E-state index is 13.1. The smallest absolute Gasteiger partial charge is 0.308 e. The number of nitrogens with one attached hydrogen (secondary N) is 1. The number of halogens is 3. The van der Waals surface area contributed by atoms with Gasteiger partial charge >= 0.3 is 6.18 Å². The molecule has 0 fully saturated rings. The second-order valence-corrected chi connectivity index (χ2v) is 6.39. The van der Waals surface area contributed by atoms with E-state index in [1.807, 2.05) is 30.3 Å². The van der Waals surface area contributed by atoms with Crippen molar-refractivity contribution in [3.63, 3.8) is 0 Å². The van der Waals surface area contributed by atoms with Gasteiger partial charge in [0.05, 0.1) is 29.1 Å². The molecule has 2 aromatic carbocycles. The molecule has 1 amide bonds. The van der Waals surface area contributed by atoms with Crippen molar-refractivity contribution in [1.82, 2.24) is 9.78 Å². The summed E-state index contributed by atoms with van der Waals surface area (Å²) in [4.78, 5) is 17.0. The number of amides is 1. The summed E-state index contributed by atoms with van der Waals surface area (Å²) >= 11 is 0. The lowest BCUT2D eigenvalue weighted by molar-refractivity contribution is -0.137. The number of para-hydroxylation sites is 1. The molecule has 0 saturated heterocycles. The van der Waals surface area contributed by atoms with Crippen LogP contribution in [0.15, 0.2) is 59.6 Å².